The molecule has 0 radical (unpaired) electrons. The van der Waals surface area contributed by atoms with Gasteiger partial charge in [0.1, 0.15) is 5.75 Å². The Morgan fingerprint density at radius 1 is 1.11 bits per heavy atom. The molecule has 0 amide bonds. The maximum absolute atomic E-state index is 10.2. The topological polar surface area (TPSA) is 23.5 Å². The molecule has 1 aromatic carbocycles. The van der Waals surface area contributed by atoms with Gasteiger partial charge in [-0.25, -0.2) is 0 Å². The molecule has 0 heterocycles. The summed E-state index contributed by atoms with van der Waals surface area (Å²) >= 11 is 3.51. The van der Waals surface area contributed by atoms with Gasteiger partial charge in [-0.1, -0.05) is 43.6 Å². The molecular formula is C16H26BrNO. The molecule has 108 valence electrons. The monoisotopic (exact) mass is 327 g/mol. The fourth-order valence-corrected chi connectivity index (χ4v) is 3.02. The first kappa shape index (κ1) is 16.5. The Morgan fingerprint density at radius 2 is 1.63 bits per heavy atom. The predicted molar refractivity (Wildman–Crippen MR) is 85.5 cm³/mol. The van der Waals surface area contributed by atoms with E-state index in [1.807, 2.05) is 19.1 Å². The molecule has 0 spiro atoms. The van der Waals surface area contributed by atoms with Crippen LogP contribution in [0.1, 0.15) is 38.8 Å². The summed E-state index contributed by atoms with van der Waals surface area (Å²) in [5.74, 6) is 1.70. The molecule has 1 rings (SSSR count). The summed E-state index contributed by atoms with van der Waals surface area (Å²) in [6.45, 7) is 13.8. The van der Waals surface area contributed by atoms with Crippen molar-refractivity contribution >= 4 is 15.9 Å². The lowest BCUT2D eigenvalue weighted by molar-refractivity contribution is 0.209. The average molecular weight is 328 g/mol. The van der Waals surface area contributed by atoms with Gasteiger partial charge < -0.3 is 5.11 Å². The van der Waals surface area contributed by atoms with Gasteiger partial charge in [0.25, 0.3) is 0 Å². The molecule has 0 saturated heterocycles. The summed E-state index contributed by atoms with van der Waals surface area (Å²) in [4.78, 5) is 2.43. The van der Waals surface area contributed by atoms with Crippen LogP contribution in [0, 0.1) is 18.8 Å². The van der Waals surface area contributed by atoms with Gasteiger partial charge in [-0.15, -0.1) is 0 Å². The average Bonchev–Trinajstić information content (AvgIpc) is 2.23. The van der Waals surface area contributed by atoms with Gasteiger partial charge in [-0.05, 0) is 36.5 Å². The van der Waals surface area contributed by atoms with Crippen LogP contribution >= 0.6 is 15.9 Å². The van der Waals surface area contributed by atoms with Gasteiger partial charge >= 0.3 is 0 Å². The van der Waals surface area contributed by atoms with Gasteiger partial charge in [0.15, 0.2) is 0 Å². The van der Waals surface area contributed by atoms with Crippen LogP contribution in [-0.2, 0) is 6.54 Å². The zero-order valence-electron chi connectivity index (χ0n) is 12.7. The van der Waals surface area contributed by atoms with E-state index in [9.17, 15) is 5.11 Å². The molecule has 1 N–H and O–H groups in total. The molecule has 0 aliphatic heterocycles. The molecule has 0 aliphatic rings. The van der Waals surface area contributed by atoms with Crippen molar-refractivity contribution < 1.29 is 5.11 Å². The van der Waals surface area contributed by atoms with E-state index in [1.165, 1.54) is 0 Å². The van der Waals surface area contributed by atoms with E-state index < -0.39 is 0 Å². The van der Waals surface area contributed by atoms with E-state index in [0.717, 1.165) is 35.2 Å². The fraction of sp³-hybridized carbons (Fsp3) is 0.625. The molecule has 2 nitrogen and oxygen atoms in total. The Hall–Kier alpha value is -0.540. The molecule has 0 aliphatic carbocycles. The number of hydrogen-bond donors (Lipinski definition) is 1. The van der Waals surface area contributed by atoms with Crippen LogP contribution in [0.25, 0.3) is 0 Å². The summed E-state index contributed by atoms with van der Waals surface area (Å²) in [6, 6.07) is 3.98. The molecule has 3 heteroatoms. The van der Waals surface area contributed by atoms with Crippen LogP contribution in [-0.4, -0.2) is 23.1 Å². The fourth-order valence-electron chi connectivity index (χ4n) is 2.40. The Kier molecular flexibility index (Phi) is 6.34. The Morgan fingerprint density at radius 3 is 2.11 bits per heavy atom. The highest BCUT2D eigenvalue weighted by molar-refractivity contribution is 9.10. The number of aromatic hydroxyl groups is 1. The van der Waals surface area contributed by atoms with Crippen molar-refractivity contribution in [2.75, 3.05) is 13.1 Å². The van der Waals surface area contributed by atoms with Crippen molar-refractivity contribution in [2.45, 2.75) is 41.2 Å². The first-order chi connectivity index (χ1) is 8.79. The van der Waals surface area contributed by atoms with Crippen molar-refractivity contribution in [1.29, 1.82) is 0 Å². The smallest absolute Gasteiger partial charge is 0.123 e. The molecular weight excluding hydrogens is 302 g/mol. The van der Waals surface area contributed by atoms with E-state index in [1.54, 1.807) is 0 Å². The number of phenolic OH excluding ortho intramolecular Hbond substituents is 1. The summed E-state index contributed by atoms with van der Waals surface area (Å²) < 4.78 is 1.03. The molecule has 0 atom stereocenters. The van der Waals surface area contributed by atoms with E-state index in [4.69, 9.17) is 0 Å². The second-order valence-electron chi connectivity index (χ2n) is 6.21. The first-order valence-electron chi connectivity index (χ1n) is 7.00. The molecule has 0 saturated carbocycles. The first-order valence-corrected chi connectivity index (χ1v) is 7.79. The number of halogens is 1. The number of benzene rings is 1. The minimum absolute atomic E-state index is 0.431. The van der Waals surface area contributed by atoms with Crippen LogP contribution in [0.4, 0.5) is 0 Å². The molecule has 0 aromatic heterocycles. The third-order valence-corrected chi connectivity index (χ3v) is 3.44. The molecule has 1 aromatic rings. The van der Waals surface area contributed by atoms with Crippen molar-refractivity contribution in [3.8, 4) is 5.75 Å². The minimum atomic E-state index is 0.431. The van der Waals surface area contributed by atoms with Crippen LogP contribution in [0.15, 0.2) is 16.6 Å². The highest BCUT2D eigenvalue weighted by Crippen LogP contribution is 2.28. The van der Waals surface area contributed by atoms with Crippen LogP contribution in [0.3, 0.4) is 0 Å². The van der Waals surface area contributed by atoms with Crippen molar-refractivity contribution in [2.24, 2.45) is 11.8 Å². The minimum Gasteiger partial charge on any atom is -0.507 e. The van der Waals surface area contributed by atoms with Crippen molar-refractivity contribution in [3.05, 3.63) is 27.7 Å². The lowest BCUT2D eigenvalue weighted by Crippen LogP contribution is -2.31. The highest BCUT2D eigenvalue weighted by Gasteiger charge is 2.14. The number of hydrogen-bond acceptors (Lipinski definition) is 2. The summed E-state index contributed by atoms with van der Waals surface area (Å²) in [5.41, 5.74) is 1.94. The van der Waals surface area contributed by atoms with Crippen molar-refractivity contribution in [3.63, 3.8) is 0 Å². The zero-order valence-corrected chi connectivity index (χ0v) is 14.3. The van der Waals surface area contributed by atoms with Crippen LogP contribution in [0.2, 0.25) is 0 Å². The molecule has 0 fully saturated rings. The largest absolute Gasteiger partial charge is 0.507 e. The van der Waals surface area contributed by atoms with Gasteiger partial charge in [-0.2, -0.15) is 0 Å². The van der Waals surface area contributed by atoms with E-state index in [0.29, 0.717) is 17.6 Å². The highest BCUT2D eigenvalue weighted by atomic mass is 79.9. The summed E-state index contributed by atoms with van der Waals surface area (Å²) in [7, 11) is 0. The Labute approximate surface area is 126 Å². The number of nitrogens with zero attached hydrogens (tertiary/aromatic N) is 1. The van der Waals surface area contributed by atoms with Gasteiger partial charge in [0, 0.05) is 29.7 Å². The maximum atomic E-state index is 10.2. The van der Waals surface area contributed by atoms with Crippen LogP contribution in [0.5, 0.6) is 5.75 Å². The third-order valence-electron chi connectivity index (χ3n) is 2.98. The number of rotatable bonds is 6. The zero-order chi connectivity index (χ0) is 14.6. The van der Waals surface area contributed by atoms with E-state index in [-0.39, 0.29) is 0 Å². The van der Waals surface area contributed by atoms with E-state index in [2.05, 4.69) is 48.5 Å². The second-order valence-corrected chi connectivity index (χ2v) is 7.13. The quantitative estimate of drug-likeness (QED) is 0.826. The SMILES string of the molecule is Cc1cc(Br)cc(CN(CC(C)C)CC(C)C)c1O. The van der Waals surface area contributed by atoms with Crippen LogP contribution < -0.4 is 0 Å². The van der Waals surface area contributed by atoms with Gasteiger partial charge in [-0.3, -0.25) is 4.90 Å². The van der Waals surface area contributed by atoms with Crippen molar-refractivity contribution in [1.82, 2.24) is 4.90 Å². The molecule has 0 bridgehead atoms. The lowest BCUT2D eigenvalue weighted by atomic mass is 10.1. The normalized spacial score (nSPS) is 11.8. The molecule has 19 heavy (non-hydrogen) atoms. The number of aryl methyl sites for hydroxylation is 1. The Balaban J connectivity index is 2.89. The predicted octanol–water partition coefficient (Wildman–Crippen LogP) is 4.58. The van der Waals surface area contributed by atoms with Gasteiger partial charge in [0.05, 0.1) is 0 Å². The lowest BCUT2D eigenvalue weighted by Gasteiger charge is -2.26. The number of phenols is 1. The third kappa shape index (κ3) is 5.53. The summed E-state index contributed by atoms with van der Waals surface area (Å²) in [6.07, 6.45) is 0. The van der Waals surface area contributed by atoms with Gasteiger partial charge in [0.2, 0.25) is 0 Å². The summed E-state index contributed by atoms with van der Waals surface area (Å²) in [5, 5.41) is 10.2. The standard InChI is InChI=1S/C16H26BrNO/c1-11(2)8-18(9-12(3)4)10-14-7-15(17)6-13(5)16(14)19/h6-7,11-12,19H,8-10H2,1-5H3. The maximum Gasteiger partial charge on any atom is 0.123 e. The Bertz CT molecular complexity index is 405. The second kappa shape index (κ2) is 7.30. The van der Waals surface area contributed by atoms with E-state index >= 15 is 0 Å². The molecule has 0 unspecified atom stereocenters.